The average molecular weight is 369 g/mol. The Kier molecular flexibility index (Phi) is 4.37. The van der Waals surface area contributed by atoms with Crippen LogP contribution in [0.3, 0.4) is 0 Å². The van der Waals surface area contributed by atoms with Crippen LogP contribution in [0, 0.1) is 0 Å². The van der Waals surface area contributed by atoms with E-state index >= 15 is 0 Å². The van der Waals surface area contributed by atoms with Crippen molar-refractivity contribution >= 4 is 22.5 Å². The second-order valence-electron chi connectivity index (χ2n) is 6.37. The molecule has 1 fully saturated rings. The molecule has 2 heterocycles. The molecule has 2 amide bonds. The first-order chi connectivity index (χ1) is 12.6. The Balaban J connectivity index is 1.41. The molecule has 9 heteroatoms. The number of hydrogen-bond donors (Lipinski definition) is 1. The van der Waals surface area contributed by atoms with E-state index in [1.54, 1.807) is 23.0 Å². The molecule has 0 spiro atoms. The van der Waals surface area contributed by atoms with E-state index in [2.05, 4.69) is 25.6 Å². The van der Waals surface area contributed by atoms with E-state index in [4.69, 9.17) is 0 Å². The second-order valence-corrected chi connectivity index (χ2v) is 7.38. The van der Waals surface area contributed by atoms with Crippen LogP contribution in [0.2, 0.25) is 0 Å². The zero-order chi connectivity index (χ0) is 18.1. The van der Waals surface area contributed by atoms with Gasteiger partial charge in [-0.3, -0.25) is 5.32 Å². The smallest absolute Gasteiger partial charge is 0.321 e. The standard InChI is InChI=1S/C17H19N7OS/c1-11(12-5-7-14(8-6-12)24-10-18-9-19-24)23(2)17(25)20-16-22-21-15(26-16)13-3-4-13/h5-11,13H,3-4H2,1-2H3,(H,20,22,25)/t11-/m1/s1. The van der Waals surface area contributed by atoms with Gasteiger partial charge in [0, 0.05) is 13.0 Å². The molecule has 1 aromatic carbocycles. The summed E-state index contributed by atoms with van der Waals surface area (Å²) < 4.78 is 1.69. The maximum Gasteiger partial charge on any atom is 0.323 e. The van der Waals surface area contributed by atoms with Crippen LogP contribution in [0.25, 0.3) is 5.69 Å². The Morgan fingerprint density at radius 1 is 1.31 bits per heavy atom. The lowest BCUT2D eigenvalue weighted by molar-refractivity contribution is 0.208. The molecule has 1 atom stereocenters. The van der Waals surface area contributed by atoms with Crippen LogP contribution in [0.1, 0.15) is 42.3 Å². The van der Waals surface area contributed by atoms with Gasteiger partial charge >= 0.3 is 6.03 Å². The predicted molar refractivity (Wildman–Crippen MR) is 98.4 cm³/mol. The molecule has 1 N–H and O–H groups in total. The van der Waals surface area contributed by atoms with E-state index in [1.807, 2.05) is 31.2 Å². The van der Waals surface area contributed by atoms with Gasteiger partial charge in [-0.25, -0.2) is 14.5 Å². The molecule has 1 aliphatic carbocycles. The van der Waals surface area contributed by atoms with Crippen molar-refractivity contribution in [1.82, 2.24) is 29.9 Å². The van der Waals surface area contributed by atoms with E-state index in [0.29, 0.717) is 11.0 Å². The van der Waals surface area contributed by atoms with Crippen LogP contribution in [-0.2, 0) is 0 Å². The van der Waals surface area contributed by atoms with Crippen LogP contribution in [-0.4, -0.2) is 42.9 Å². The number of rotatable bonds is 5. The highest BCUT2D eigenvalue weighted by Crippen LogP contribution is 2.42. The molecular weight excluding hydrogens is 350 g/mol. The van der Waals surface area contributed by atoms with Gasteiger partial charge in [-0.1, -0.05) is 23.5 Å². The first kappa shape index (κ1) is 16.6. The maximum atomic E-state index is 12.5. The molecule has 134 valence electrons. The van der Waals surface area contributed by atoms with Crippen molar-refractivity contribution in [1.29, 1.82) is 0 Å². The fourth-order valence-corrected chi connectivity index (χ4v) is 3.51. The normalized spacial score (nSPS) is 14.8. The number of carbonyl (C=O) groups excluding carboxylic acids is 1. The minimum atomic E-state index is -0.198. The number of anilines is 1. The number of benzene rings is 1. The van der Waals surface area contributed by atoms with Gasteiger partial charge in [0.15, 0.2) is 0 Å². The van der Waals surface area contributed by atoms with Gasteiger partial charge in [0.25, 0.3) is 0 Å². The monoisotopic (exact) mass is 369 g/mol. The van der Waals surface area contributed by atoms with Crippen molar-refractivity contribution in [2.24, 2.45) is 0 Å². The minimum Gasteiger partial charge on any atom is -0.321 e. The number of carbonyl (C=O) groups is 1. The third kappa shape index (κ3) is 3.43. The summed E-state index contributed by atoms with van der Waals surface area (Å²) >= 11 is 1.46. The van der Waals surface area contributed by atoms with Gasteiger partial charge in [0.1, 0.15) is 17.7 Å². The lowest BCUT2D eigenvalue weighted by atomic mass is 10.1. The van der Waals surface area contributed by atoms with Crippen LogP contribution < -0.4 is 5.32 Å². The summed E-state index contributed by atoms with van der Waals surface area (Å²) in [6, 6.07) is 7.60. The molecule has 0 radical (unpaired) electrons. The van der Waals surface area contributed by atoms with Crippen molar-refractivity contribution in [3.8, 4) is 5.69 Å². The summed E-state index contributed by atoms with van der Waals surface area (Å²) in [4.78, 5) is 18.1. The van der Waals surface area contributed by atoms with Crippen molar-refractivity contribution in [3.05, 3.63) is 47.5 Å². The Morgan fingerprint density at radius 2 is 2.08 bits per heavy atom. The molecule has 2 aromatic heterocycles. The van der Waals surface area contributed by atoms with Gasteiger partial charge < -0.3 is 4.90 Å². The molecule has 1 saturated carbocycles. The molecule has 1 aliphatic rings. The minimum absolute atomic E-state index is 0.0874. The fourth-order valence-electron chi connectivity index (χ4n) is 2.61. The summed E-state index contributed by atoms with van der Waals surface area (Å²) in [6.07, 6.45) is 5.49. The lowest BCUT2D eigenvalue weighted by Crippen LogP contribution is -2.33. The van der Waals surface area contributed by atoms with Gasteiger partial charge in [0.05, 0.1) is 11.7 Å². The molecule has 0 saturated heterocycles. The summed E-state index contributed by atoms with van der Waals surface area (Å²) in [7, 11) is 1.77. The quantitative estimate of drug-likeness (QED) is 0.746. The largest absolute Gasteiger partial charge is 0.323 e. The number of urea groups is 1. The Bertz CT molecular complexity index is 886. The number of aromatic nitrogens is 5. The molecule has 26 heavy (non-hydrogen) atoms. The van der Waals surface area contributed by atoms with Crippen LogP contribution in [0.15, 0.2) is 36.9 Å². The van der Waals surface area contributed by atoms with Crippen LogP contribution >= 0.6 is 11.3 Å². The number of amides is 2. The van der Waals surface area contributed by atoms with Gasteiger partial charge in [-0.2, -0.15) is 5.10 Å². The lowest BCUT2D eigenvalue weighted by Gasteiger charge is -2.25. The zero-order valence-electron chi connectivity index (χ0n) is 14.5. The number of nitrogens with one attached hydrogen (secondary N) is 1. The van der Waals surface area contributed by atoms with E-state index in [9.17, 15) is 4.79 Å². The van der Waals surface area contributed by atoms with E-state index in [0.717, 1.165) is 16.3 Å². The highest BCUT2D eigenvalue weighted by atomic mass is 32.1. The topological polar surface area (TPSA) is 88.8 Å². The molecular formula is C17H19N7OS. The van der Waals surface area contributed by atoms with E-state index in [1.165, 1.54) is 30.5 Å². The third-order valence-corrected chi connectivity index (χ3v) is 5.54. The average Bonchev–Trinajstić information content (AvgIpc) is 3.17. The Hall–Kier alpha value is -2.81. The highest BCUT2D eigenvalue weighted by molar-refractivity contribution is 7.15. The molecule has 8 nitrogen and oxygen atoms in total. The fraction of sp³-hybridized carbons (Fsp3) is 0.353. The summed E-state index contributed by atoms with van der Waals surface area (Å²) in [5.74, 6) is 0.540. The van der Waals surface area contributed by atoms with Crippen molar-refractivity contribution in [2.75, 3.05) is 12.4 Å². The van der Waals surface area contributed by atoms with Crippen molar-refractivity contribution < 1.29 is 4.79 Å². The van der Waals surface area contributed by atoms with Crippen molar-refractivity contribution in [3.63, 3.8) is 0 Å². The molecule has 0 aliphatic heterocycles. The highest BCUT2D eigenvalue weighted by Gasteiger charge is 2.28. The summed E-state index contributed by atoms with van der Waals surface area (Å²) in [5.41, 5.74) is 1.95. The van der Waals surface area contributed by atoms with Crippen LogP contribution in [0.5, 0.6) is 0 Å². The van der Waals surface area contributed by atoms with Gasteiger partial charge in [-0.15, -0.1) is 10.2 Å². The molecule has 0 unspecified atom stereocenters. The zero-order valence-corrected chi connectivity index (χ0v) is 15.3. The number of hydrogen-bond acceptors (Lipinski definition) is 6. The predicted octanol–water partition coefficient (Wildman–Crippen LogP) is 3.22. The summed E-state index contributed by atoms with van der Waals surface area (Å²) in [6.45, 7) is 1.99. The molecule has 0 bridgehead atoms. The first-order valence-electron chi connectivity index (χ1n) is 8.44. The summed E-state index contributed by atoms with van der Waals surface area (Å²) in [5, 5.41) is 16.7. The Morgan fingerprint density at radius 3 is 2.73 bits per heavy atom. The van der Waals surface area contributed by atoms with Crippen molar-refractivity contribution in [2.45, 2.75) is 31.7 Å². The molecule has 3 aromatic rings. The van der Waals surface area contributed by atoms with Gasteiger partial charge in [0.2, 0.25) is 5.13 Å². The third-order valence-electron chi connectivity index (χ3n) is 4.54. The second kappa shape index (κ2) is 6.83. The van der Waals surface area contributed by atoms with E-state index < -0.39 is 0 Å². The molecule has 4 rings (SSSR count). The van der Waals surface area contributed by atoms with E-state index in [-0.39, 0.29) is 12.1 Å². The first-order valence-corrected chi connectivity index (χ1v) is 9.25. The maximum absolute atomic E-state index is 12.5. The SMILES string of the molecule is C[C@H](c1ccc(-n2cncn2)cc1)N(C)C(=O)Nc1nnc(C2CC2)s1. The van der Waals surface area contributed by atoms with Gasteiger partial charge in [-0.05, 0) is 37.5 Å². The van der Waals surface area contributed by atoms with Crippen LogP contribution in [0.4, 0.5) is 9.93 Å². The number of nitrogens with zero attached hydrogens (tertiary/aromatic N) is 6. The Labute approximate surface area is 154 Å².